The molecule has 24 heavy (non-hydrogen) atoms. The lowest BCUT2D eigenvalue weighted by molar-refractivity contribution is 0.0945. The van der Waals surface area contributed by atoms with Crippen LogP contribution in [0.2, 0.25) is 5.02 Å². The summed E-state index contributed by atoms with van der Waals surface area (Å²) in [5, 5.41) is 11.3. The van der Waals surface area contributed by atoms with E-state index in [2.05, 4.69) is 15.6 Å². The van der Waals surface area contributed by atoms with Crippen LogP contribution >= 0.6 is 11.6 Å². The van der Waals surface area contributed by atoms with Crippen LogP contribution in [-0.2, 0) is 6.54 Å². The van der Waals surface area contributed by atoms with E-state index < -0.39 is 0 Å². The number of amides is 1. The van der Waals surface area contributed by atoms with Crippen molar-refractivity contribution in [1.82, 2.24) is 20.3 Å². The second-order valence-corrected chi connectivity index (χ2v) is 5.66. The van der Waals surface area contributed by atoms with Gasteiger partial charge >= 0.3 is 0 Å². The summed E-state index contributed by atoms with van der Waals surface area (Å²) in [5.74, 6) is -0.649. The van der Waals surface area contributed by atoms with Gasteiger partial charge in [0.05, 0.1) is 11.4 Å². The summed E-state index contributed by atoms with van der Waals surface area (Å²) in [4.78, 5) is 12.3. The lowest BCUT2D eigenvalue weighted by Gasteiger charge is -2.05. The van der Waals surface area contributed by atoms with Crippen molar-refractivity contribution in [2.75, 3.05) is 0 Å². The Balaban J connectivity index is 1.74. The number of hydrogen-bond donors (Lipinski definition) is 1. The smallest absolute Gasteiger partial charge is 0.274 e. The summed E-state index contributed by atoms with van der Waals surface area (Å²) in [6, 6.07) is 13.0. The van der Waals surface area contributed by atoms with E-state index in [4.69, 9.17) is 11.6 Å². The zero-order valence-electron chi connectivity index (χ0n) is 12.8. The molecule has 0 bridgehead atoms. The summed E-state index contributed by atoms with van der Waals surface area (Å²) in [6.45, 7) is 2.05. The largest absolute Gasteiger partial charge is 0.347 e. The SMILES string of the molecule is Cc1c(C(=O)NCc2ccc(F)cc2)nnn1-c1ccc(Cl)cc1. The summed E-state index contributed by atoms with van der Waals surface area (Å²) in [7, 11) is 0. The first-order valence-electron chi connectivity index (χ1n) is 7.25. The van der Waals surface area contributed by atoms with E-state index in [1.165, 1.54) is 12.1 Å². The number of carbonyl (C=O) groups is 1. The number of nitrogens with one attached hydrogen (secondary N) is 1. The molecule has 0 radical (unpaired) electrons. The minimum Gasteiger partial charge on any atom is -0.347 e. The molecule has 1 aromatic heterocycles. The van der Waals surface area contributed by atoms with Crippen molar-refractivity contribution in [3.05, 3.63) is 76.3 Å². The second-order valence-electron chi connectivity index (χ2n) is 5.22. The number of benzene rings is 2. The molecule has 1 amide bonds. The van der Waals surface area contributed by atoms with Crippen LogP contribution in [0.25, 0.3) is 5.69 Å². The third-order valence-electron chi connectivity index (χ3n) is 3.55. The van der Waals surface area contributed by atoms with Crippen molar-refractivity contribution in [2.45, 2.75) is 13.5 Å². The Morgan fingerprint density at radius 1 is 1.17 bits per heavy atom. The number of hydrogen-bond acceptors (Lipinski definition) is 3. The van der Waals surface area contributed by atoms with Crippen LogP contribution in [0, 0.1) is 12.7 Å². The zero-order valence-corrected chi connectivity index (χ0v) is 13.6. The Morgan fingerprint density at radius 3 is 2.50 bits per heavy atom. The predicted octanol–water partition coefficient (Wildman–Crippen LogP) is 3.30. The van der Waals surface area contributed by atoms with Gasteiger partial charge in [0.1, 0.15) is 5.82 Å². The zero-order chi connectivity index (χ0) is 17.1. The molecule has 0 aliphatic rings. The van der Waals surface area contributed by atoms with E-state index in [0.29, 0.717) is 10.7 Å². The number of carbonyl (C=O) groups excluding carboxylic acids is 1. The summed E-state index contributed by atoms with van der Waals surface area (Å²) in [5.41, 5.74) is 2.43. The molecule has 7 heteroatoms. The van der Waals surface area contributed by atoms with E-state index in [9.17, 15) is 9.18 Å². The Morgan fingerprint density at radius 2 is 1.83 bits per heavy atom. The van der Waals surface area contributed by atoms with Crippen LogP contribution in [-0.4, -0.2) is 20.9 Å². The topological polar surface area (TPSA) is 59.8 Å². The Labute approximate surface area is 143 Å². The van der Waals surface area contributed by atoms with Gasteiger partial charge in [-0.25, -0.2) is 9.07 Å². The van der Waals surface area contributed by atoms with Crippen LogP contribution in [0.1, 0.15) is 21.7 Å². The van der Waals surface area contributed by atoms with Crippen LogP contribution in [0.4, 0.5) is 4.39 Å². The molecule has 0 fully saturated rings. The molecule has 1 N–H and O–H groups in total. The third kappa shape index (κ3) is 3.44. The molecule has 2 aromatic carbocycles. The van der Waals surface area contributed by atoms with Crippen molar-refractivity contribution in [1.29, 1.82) is 0 Å². The maximum absolute atomic E-state index is 12.9. The van der Waals surface area contributed by atoms with Gasteiger partial charge in [0.15, 0.2) is 5.69 Å². The van der Waals surface area contributed by atoms with Gasteiger partial charge < -0.3 is 5.32 Å². The van der Waals surface area contributed by atoms with Crippen molar-refractivity contribution in [2.24, 2.45) is 0 Å². The molecule has 3 rings (SSSR count). The van der Waals surface area contributed by atoms with Crippen LogP contribution in [0.15, 0.2) is 48.5 Å². The molecular formula is C17H14ClFN4O. The Bertz CT molecular complexity index is 859. The predicted molar refractivity (Wildman–Crippen MR) is 88.7 cm³/mol. The fourth-order valence-corrected chi connectivity index (χ4v) is 2.36. The highest BCUT2D eigenvalue weighted by molar-refractivity contribution is 6.30. The minimum absolute atomic E-state index is 0.243. The molecule has 0 aliphatic heterocycles. The first kappa shape index (κ1) is 16.1. The van der Waals surface area contributed by atoms with E-state index in [0.717, 1.165) is 11.3 Å². The minimum atomic E-state index is -0.336. The average Bonchev–Trinajstić information content (AvgIpc) is 2.96. The molecule has 1 heterocycles. The van der Waals surface area contributed by atoms with Crippen LogP contribution in [0.5, 0.6) is 0 Å². The molecule has 0 saturated heterocycles. The fourth-order valence-electron chi connectivity index (χ4n) is 2.23. The summed E-state index contributed by atoms with van der Waals surface area (Å²) < 4.78 is 14.4. The van der Waals surface area contributed by atoms with Gasteiger partial charge in [0, 0.05) is 11.6 Å². The highest BCUT2D eigenvalue weighted by atomic mass is 35.5. The molecule has 3 aromatic rings. The van der Waals surface area contributed by atoms with Crippen molar-refractivity contribution in [3.8, 4) is 5.69 Å². The maximum atomic E-state index is 12.9. The molecule has 0 aliphatic carbocycles. The van der Waals surface area contributed by atoms with Gasteiger partial charge in [-0.05, 0) is 48.9 Å². The quantitative estimate of drug-likeness (QED) is 0.790. The van der Waals surface area contributed by atoms with Gasteiger partial charge in [0.25, 0.3) is 5.91 Å². The van der Waals surface area contributed by atoms with E-state index in [1.807, 2.05) is 0 Å². The molecule has 5 nitrogen and oxygen atoms in total. The van der Waals surface area contributed by atoms with Crippen molar-refractivity contribution >= 4 is 17.5 Å². The van der Waals surface area contributed by atoms with Gasteiger partial charge in [-0.3, -0.25) is 4.79 Å². The summed E-state index contributed by atoms with van der Waals surface area (Å²) in [6.07, 6.45) is 0. The van der Waals surface area contributed by atoms with Crippen molar-refractivity contribution in [3.63, 3.8) is 0 Å². The first-order chi connectivity index (χ1) is 11.5. The lowest BCUT2D eigenvalue weighted by atomic mass is 10.2. The van der Waals surface area contributed by atoms with Gasteiger partial charge in [-0.1, -0.05) is 28.9 Å². The van der Waals surface area contributed by atoms with E-state index >= 15 is 0 Å². The van der Waals surface area contributed by atoms with E-state index in [-0.39, 0.29) is 24.0 Å². The Hall–Kier alpha value is -2.73. The van der Waals surface area contributed by atoms with Gasteiger partial charge in [0.2, 0.25) is 0 Å². The number of nitrogens with zero attached hydrogens (tertiary/aromatic N) is 3. The van der Waals surface area contributed by atoms with Crippen LogP contribution in [0.3, 0.4) is 0 Å². The Kier molecular flexibility index (Phi) is 4.57. The number of rotatable bonds is 4. The molecule has 0 unspecified atom stereocenters. The fraction of sp³-hybridized carbons (Fsp3) is 0.118. The third-order valence-corrected chi connectivity index (χ3v) is 3.80. The highest BCUT2D eigenvalue weighted by Gasteiger charge is 2.17. The summed E-state index contributed by atoms with van der Waals surface area (Å²) >= 11 is 5.87. The number of aromatic nitrogens is 3. The molecule has 0 spiro atoms. The van der Waals surface area contributed by atoms with E-state index in [1.54, 1.807) is 48.0 Å². The number of halogens is 2. The first-order valence-corrected chi connectivity index (χ1v) is 7.63. The average molecular weight is 345 g/mol. The highest BCUT2D eigenvalue weighted by Crippen LogP contribution is 2.15. The standard InChI is InChI=1S/C17H14ClFN4O/c1-11-16(17(24)20-10-12-2-6-14(19)7-3-12)21-22-23(11)15-8-4-13(18)5-9-15/h2-9H,10H2,1H3,(H,20,24). The molecule has 0 saturated carbocycles. The normalized spacial score (nSPS) is 10.6. The molecule has 0 atom stereocenters. The lowest BCUT2D eigenvalue weighted by Crippen LogP contribution is -2.24. The van der Waals surface area contributed by atoms with Gasteiger partial charge in [-0.2, -0.15) is 0 Å². The van der Waals surface area contributed by atoms with Gasteiger partial charge in [-0.15, -0.1) is 5.10 Å². The molecular weight excluding hydrogens is 331 g/mol. The maximum Gasteiger partial charge on any atom is 0.274 e. The monoisotopic (exact) mass is 344 g/mol. The second kappa shape index (κ2) is 6.80. The van der Waals surface area contributed by atoms with Crippen molar-refractivity contribution < 1.29 is 9.18 Å². The van der Waals surface area contributed by atoms with Crippen LogP contribution < -0.4 is 5.32 Å². The molecule has 122 valence electrons.